The number of nitrogens with zero attached hydrogens (tertiary/aromatic N) is 1. The fourth-order valence-corrected chi connectivity index (χ4v) is 2.83. The van der Waals surface area contributed by atoms with Crippen molar-refractivity contribution in [1.29, 1.82) is 0 Å². The number of nitrogens with one attached hydrogen (secondary N) is 1. The highest BCUT2D eigenvalue weighted by Crippen LogP contribution is 2.25. The van der Waals surface area contributed by atoms with E-state index in [9.17, 15) is 13.2 Å². The molecule has 0 atom stereocenters. The van der Waals surface area contributed by atoms with E-state index in [1.54, 1.807) is 11.0 Å². The van der Waals surface area contributed by atoms with E-state index in [0.717, 1.165) is 32.2 Å². The monoisotopic (exact) mass is 302 g/mol. The van der Waals surface area contributed by atoms with E-state index in [4.69, 9.17) is 11.6 Å². The molecular weight excluding hydrogens is 288 g/mol. The van der Waals surface area contributed by atoms with Crippen LogP contribution in [0.4, 0.5) is 5.69 Å². The van der Waals surface area contributed by atoms with E-state index < -0.39 is 10.0 Å². The van der Waals surface area contributed by atoms with Crippen molar-refractivity contribution in [3.05, 3.63) is 28.8 Å². The molecule has 1 aliphatic heterocycles. The van der Waals surface area contributed by atoms with Gasteiger partial charge in [0.1, 0.15) is 0 Å². The summed E-state index contributed by atoms with van der Waals surface area (Å²) < 4.78 is 24.8. The van der Waals surface area contributed by atoms with E-state index in [1.165, 1.54) is 12.1 Å². The number of benzene rings is 1. The lowest BCUT2D eigenvalue weighted by Gasteiger charge is -2.16. The minimum absolute atomic E-state index is 0.0919. The molecule has 1 aliphatic rings. The zero-order chi connectivity index (χ0) is 14.0. The second-order valence-electron chi connectivity index (χ2n) is 4.57. The number of halogens is 1. The maximum atomic E-state index is 12.2. The van der Waals surface area contributed by atoms with Crippen molar-refractivity contribution in [2.24, 2.45) is 0 Å². The molecular formula is C12H15ClN2O3S. The summed E-state index contributed by atoms with van der Waals surface area (Å²) in [6.07, 6.45) is 3.06. The van der Waals surface area contributed by atoms with E-state index in [0.29, 0.717) is 5.56 Å². The number of rotatable bonds is 3. The van der Waals surface area contributed by atoms with Crippen molar-refractivity contribution in [3.8, 4) is 0 Å². The normalized spacial score (nSPS) is 15.6. The lowest BCUT2D eigenvalue weighted by molar-refractivity contribution is 0.0793. The molecule has 0 unspecified atom stereocenters. The van der Waals surface area contributed by atoms with Gasteiger partial charge in [-0.2, -0.15) is 0 Å². The summed E-state index contributed by atoms with van der Waals surface area (Å²) >= 11 is 5.91. The van der Waals surface area contributed by atoms with Crippen LogP contribution >= 0.6 is 11.6 Å². The van der Waals surface area contributed by atoms with Gasteiger partial charge in [-0.25, -0.2) is 8.42 Å². The maximum Gasteiger partial charge on any atom is 0.253 e. The number of anilines is 1. The largest absolute Gasteiger partial charge is 0.339 e. The molecule has 7 heteroatoms. The molecule has 0 radical (unpaired) electrons. The quantitative estimate of drug-likeness (QED) is 0.928. The van der Waals surface area contributed by atoms with Gasteiger partial charge in [0.25, 0.3) is 5.91 Å². The Balaban J connectivity index is 2.27. The summed E-state index contributed by atoms with van der Waals surface area (Å²) in [7, 11) is -3.42. The first-order valence-electron chi connectivity index (χ1n) is 5.93. The number of amides is 1. The third-order valence-electron chi connectivity index (χ3n) is 2.90. The third-order valence-corrected chi connectivity index (χ3v) is 3.82. The smallest absolute Gasteiger partial charge is 0.253 e. The zero-order valence-electron chi connectivity index (χ0n) is 10.5. The maximum absolute atomic E-state index is 12.2. The fourth-order valence-electron chi connectivity index (χ4n) is 2.04. The van der Waals surface area contributed by atoms with E-state index in [1.807, 2.05) is 0 Å². The number of carbonyl (C=O) groups is 1. The zero-order valence-corrected chi connectivity index (χ0v) is 12.1. The Morgan fingerprint density at radius 3 is 2.53 bits per heavy atom. The molecule has 1 amide bonds. The SMILES string of the molecule is CS(=O)(=O)Nc1cc(C(=O)N2CCCC2)ccc1Cl. The summed E-state index contributed by atoms with van der Waals surface area (Å²) in [6.45, 7) is 1.49. The molecule has 0 saturated carbocycles. The predicted octanol–water partition coefficient (Wildman–Crippen LogP) is 1.95. The number of sulfonamides is 1. The Labute approximate surface area is 117 Å². The molecule has 0 spiro atoms. The average Bonchev–Trinajstić information content (AvgIpc) is 2.83. The van der Waals surface area contributed by atoms with Crippen LogP contribution in [0.3, 0.4) is 0 Å². The van der Waals surface area contributed by atoms with Crippen LogP contribution in [0.1, 0.15) is 23.2 Å². The molecule has 1 aromatic carbocycles. The van der Waals surface area contributed by atoms with Gasteiger partial charge in [0.2, 0.25) is 10.0 Å². The molecule has 0 aliphatic carbocycles. The Kier molecular flexibility index (Phi) is 4.01. The Hall–Kier alpha value is -1.27. The van der Waals surface area contributed by atoms with Crippen LogP contribution in [-0.4, -0.2) is 38.6 Å². The lowest BCUT2D eigenvalue weighted by Crippen LogP contribution is -2.27. The van der Waals surface area contributed by atoms with Crippen LogP contribution in [0.15, 0.2) is 18.2 Å². The predicted molar refractivity (Wildman–Crippen MR) is 75.1 cm³/mol. The van der Waals surface area contributed by atoms with Crippen molar-refractivity contribution >= 4 is 33.2 Å². The Bertz CT molecular complexity index is 595. The average molecular weight is 303 g/mol. The first-order chi connectivity index (χ1) is 8.87. The minimum atomic E-state index is -3.42. The molecule has 0 aromatic heterocycles. The van der Waals surface area contributed by atoms with Crippen LogP contribution < -0.4 is 4.72 Å². The highest BCUT2D eigenvalue weighted by Gasteiger charge is 2.20. The van der Waals surface area contributed by atoms with Gasteiger partial charge in [-0.1, -0.05) is 11.6 Å². The summed E-state index contributed by atoms with van der Waals surface area (Å²) in [4.78, 5) is 13.9. The van der Waals surface area contributed by atoms with Gasteiger partial charge in [0.15, 0.2) is 0 Å². The standard InChI is InChI=1S/C12H15ClN2O3S/c1-19(17,18)14-11-8-9(4-5-10(11)13)12(16)15-6-2-3-7-15/h4-5,8,14H,2-3,6-7H2,1H3. The van der Waals surface area contributed by atoms with Crippen molar-refractivity contribution in [1.82, 2.24) is 4.90 Å². The molecule has 5 nitrogen and oxygen atoms in total. The first-order valence-corrected chi connectivity index (χ1v) is 8.20. The van der Waals surface area contributed by atoms with Crippen LogP contribution in [0.2, 0.25) is 5.02 Å². The van der Waals surface area contributed by atoms with Crippen molar-refractivity contribution in [2.45, 2.75) is 12.8 Å². The molecule has 1 saturated heterocycles. The second kappa shape index (κ2) is 5.38. The molecule has 19 heavy (non-hydrogen) atoms. The number of hydrogen-bond donors (Lipinski definition) is 1. The van der Waals surface area contributed by atoms with E-state index in [2.05, 4.69) is 4.72 Å². The fraction of sp³-hybridized carbons (Fsp3) is 0.417. The number of likely N-dealkylation sites (tertiary alicyclic amines) is 1. The van der Waals surface area contributed by atoms with Crippen LogP contribution in [0.5, 0.6) is 0 Å². The Morgan fingerprint density at radius 1 is 1.32 bits per heavy atom. The second-order valence-corrected chi connectivity index (χ2v) is 6.72. The van der Waals surface area contributed by atoms with E-state index >= 15 is 0 Å². The van der Waals surface area contributed by atoms with Gasteiger partial charge in [0.05, 0.1) is 17.0 Å². The van der Waals surface area contributed by atoms with Gasteiger partial charge >= 0.3 is 0 Å². The van der Waals surface area contributed by atoms with Gasteiger partial charge in [-0.15, -0.1) is 0 Å². The number of hydrogen-bond acceptors (Lipinski definition) is 3. The van der Waals surface area contributed by atoms with Crippen LogP contribution in [0, 0.1) is 0 Å². The van der Waals surface area contributed by atoms with Gasteiger partial charge in [-0.3, -0.25) is 9.52 Å². The first kappa shape index (κ1) is 14.1. The van der Waals surface area contributed by atoms with E-state index in [-0.39, 0.29) is 16.6 Å². The highest BCUT2D eigenvalue weighted by molar-refractivity contribution is 7.92. The summed E-state index contributed by atoms with van der Waals surface area (Å²) in [5.74, 6) is -0.0919. The van der Waals surface area contributed by atoms with Crippen molar-refractivity contribution < 1.29 is 13.2 Å². The Morgan fingerprint density at radius 2 is 1.95 bits per heavy atom. The lowest BCUT2D eigenvalue weighted by atomic mass is 10.2. The van der Waals surface area contributed by atoms with Crippen LogP contribution in [0.25, 0.3) is 0 Å². The van der Waals surface area contributed by atoms with Crippen molar-refractivity contribution in [2.75, 3.05) is 24.1 Å². The highest BCUT2D eigenvalue weighted by atomic mass is 35.5. The summed E-state index contributed by atoms with van der Waals surface area (Å²) in [5.41, 5.74) is 0.673. The van der Waals surface area contributed by atoms with Gasteiger partial charge in [0, 0.05) is 18.7 Å². The molecule has 1 heterocycles. The molecule has 1 aromatic rings. The van der Waals surface area contributed by atoms with Gasteiger partial charge < -0.3 is 4.90 Å². The number of carbonyl (C=O) groups excluding carboxylic acids is 1. The minimum Gasteiger partial charge on any atom is -0.339 e. The topological polar surface area (TPSA) is 66.5 Å². The summed E-state index contributed by atoms with van der Waals surface area (Å²) in [6, 6.07) is 4.61. The van der Waals surface area contributed by atoms with Crippen molar-refractivity contribution in [3.63, 3.8) is 0 Å². The molecule has 1 fully saturated rings. The summed E-state index contributed by atoms with van der Waals surface area (Å²) in [5, 5.41) is 0.267. The molecule has 0 bridgehead atoms. The third kappa shape index (κ3) is 3.61. The molecule has 1 N–H and O–H groups in total. The van der Waals surface area contributed by atoms with Crippen LogP contribution in [-0.2, 0) is 10.0 Å². The molecule has 104 valence electrons. The molecule has 2 rings (SSSR count). The van der Waals surface area contributed by atoms with Gasteiger partial charge in [-0.05, 0) is 31.0 Å².